The Bertz CT molecular complexity index is 528. The molecule has 1 aromatic carbocycles. The summed E-state index contributed by atoms with van der Waals surface area (Å²) in [5, 5.41) is 15.1. The van der Waals surface area contributed by atoms with E-state index in [1.54, 1.807) is 6.07 Å². The van der Waals surface area contributed by atoms with E-state index in [2.05, 4.69) is 24.3 Å². The van der Waals surface area contributed by atoms with Crippen LogP contribution in [0, 0.1) is 11.2 Å². The fourth-order valence-corrected chi connectivity index (χ4v) is 3.09. The van der Waals surface area contributed by atoms with Gasteiger partial charge < -0.3 is 16.3 Å². The van der Waals surface area contributed by atoms with E-state index in [0.717, 1.165) is 18.4 Å². The summed E-state index contributed by atoms with van der Waals surface area (Å²) in [5.41, 5.74) is 7.10. The van der Waals surface area contributed by atoms with E-state index >= 15 is 0 Å². The largest absolute Gasteiger partial charge is 0.409 e. The number of nitrogens with two attached hydrogens (primary N) is 1. The SMILES string of the molecule is CC1(C)CCCC(NCc2cc(F)cc(/C(N)=N/O)c2)C1. The normalized spacial score (nSPS) is 22.2. The van der Waals surface area contributed by atoms with E-state index < -0.39 is 0 Å². The third kappa shape index (κ3) is 4.43. The van der Waals surface area contributed by atoms with Gasteiger partial charge in [0.25, 0.3) is 0 Å². The van der Waals surface area contributed by atoms with Gasteiger partial charge in [-0.3, -0.25) is 0 Å². The van der Waals surface area contributed by atoms with E-state index in [9.17, 15) is 4.39 Å². The summed E-state index contributed by atoms with van der Waals surface area (Å²) in [6.07, 6.45) is 4.78. The highest BCUT2D eigenvalue weighted by Crippen LogP contribution is 2.35. The van der Waals surface area contributed by atoms with Crippen molar-refractivity contribution in [3.8, 4) is 0 Å². The summed E-state index contributed by atoms with van der Waals surface area (Å²) >= 11 is 0. The Labute approximate surface area is 125 Å². The van der Waals surface area contributed by atoms with Crippen molar-refractivity contribution in [3.63, 3.8) is 0 Å². The van der Waals surface area contributed by atoms with E-state index in [0.29, 0.717) is 23.6 Å². The maximum atomic E-state index is 13.6. The predicted octanol–water partition coefficient (Wildman–Crippen LogP) is 2.98. The molecule has 5 heteroatoms. The third-order valence-electron chi connectivity index (χ3n) is 4.16. The number of nitrogens with one attached hydrogen (secondary N) is 1. The number of benzene rings is 1. The molecule has 1 unspecified atom stereocenters. The average Bonchev–Trinajstić information content (AvgIpc) is 2.42. The highest BCUT2D eigenvalue weighted by atomic mass is 19.1. The minimum Gasteiger partial charge on any atom is -0.409 e. The van der Waals surface area contributed by atoms with Crippen LogP contribution in [-0.4, -0.2) is 17.1 Å². The molecule has 0 saturated heterocycles. The summed E-state index contributed by atoms with van der Waals surface area (Å²) in [4.78, 5) is 0. The lowest BCUT2D eigenvalue weighted by Crippen LogP contribution is -2.36. The second kappa shape index (κ2) is 6.43. The second-order valence-electron chi connectivity index (χ2n) is 6.67. The van der Waals surface area contributed by atoms with Gasteiger partial charge in [-0.25, -0.2) is 4.39 Å². The second-order valence-corrected chi connectivity index (χ2v) is 6.67. The number of nitrogens with zero attached hydrogens (tertiary/aromatic N) is 1. The smallest absolute Gasteiger partial charge is 0.170 e. The van der Waals surface area contributed by atoms with E-state index in [1.807, 2.05) is 0 Å². The van der Waals surface area contributed by atoms with Crippen molar-refractivity contribution in [2.75, 3.05) is 0 Å². The number of halogens is 1. The number of amidine groups is 1. The van der Waals surface area contributed by atoms with Gasteiger partial charge in [-0.1, -0.05) is 25.4 Å². The zero-order valence-corrected chi connectivity index (χ0v) is 12.7. The van der Waals surface area contributed by atoms with Crippen LogP contribution in [0.3, 0.4) is 0 Å². The van der Waals surface area contributed by atoms with Crippen LogP contribution in [0.4, 0.5) is 4.39 Å². The monoisotopic (exact) mass is 293 g/mol. The lowest BCUT2D eigenvalue weighted by Gasteiger charge is -2.35. The zero-order chi connectivity index (χ0) is 15.5. The van der Waals surface area contributed by atoms with Gasteiger partial charge >= 0.3 is 0 Å². The zero-order valence-electron chi connectivity index (χ0n) is 12.7. The molecule has 0 heterocycles. The van der Waals surface area contributed by atoms with Crippen LogP contribution in [0.5, 0.6) is 0 Å². The molecule has 0 bridgehead atoms. The Hall–Kier alpha value is -1.62. The molecule has 1 atom stereocenters. The standard InChI is InChI=1S/C16H24FN3O/c1-16(2)5-3-4-14(9-16)19-10-11-6-12(15(18)20-21)8-13(17)7-11/h6-8,14,19,21H,3-5,9-10H2,1-2H3,(H2,18,20). The van der Waals surface area contributed by atoms with Crippen LogP contribution in [0.25, 0.3) is 0 Å². The molecule has 4 N–H and O–H groups in total. The summed E-state index contributed by atoms with van der Waals surface area (Å²) in [6.45, 7) is 5.17. The molecule has 1 saturated carbocycles. The van der Waals surface area contributed by atoms with Crippen molar-refractivity contribution in [2.24, 2.45) is 16.3 Å². The molecular formula is C16H24FN3O. The van der Waals surface area contributed by atoms with Gasteiger partial charge in [0.2, 0.25) is 0 Å². The van der Waals surface area contributed by atoms with Crippen molar-refractivity contribution < 1.29 is 9.60 Å². The molecule has 0 aromatic heterocycles. The van der Waals surface area contributed by atoms with Gasteiger partial charge in [0, 0.05) is 18.2 Å². The summed E-state index contributed by atoms with van der Waals surface area (Å²) in [5.74, 6) is -0.450. The van der Waals surface area contributed by atoms with Gasteiger partial charge in [0.05, 0.1) is 0 Å². The lowest BCUT2D eigenvalue weighted by molar-refractivity contribution is 0.197. The Balaban J connectivity index is 2.01. The van der Waals surface area contributed by atoms with Gasteiger partial charge in [-0.2, -0.15) is 0 Å². The van der Waals surface area contributed by atoms with Crippen molar-refractivity contribution in [2.45, 2.75) is 52.1 Å². The molecule has 1 aliphatic rings. The highest BCUT2D eigenvalue weighted by Gasteiger charge is 2.27. The highest BCUT2D eigenvalue weighted by molar-refractivity contribution is 5.97. The van der Waals surface area contributed by atoms with Gasteiger partial charge in [-0.15, -0.1) is 0 Å². The minimum atomic E-state index is -0.375. The average molecular weight is 293 g/mol. The van der Waals surface area contributed by atoms with Crippen LogP contribution in [-0.2, 0) is 6.54 Å². The van der Waals surface area contributed by atoms with Crippen LogP contribution in [0.15, 0.2) is 23.4 Å². The summed E-state index contributed by atoms with van der Waals surface area (Å²) in [7, 11) is 0. The Morgan fingerprint density at radius 2 is 2.24 bits per heavy atom. The molecule has 21 heavy (non-hydrogen) atoms. The van der Waals surface area contributed by atoms with Gasteiger partial charge in [0.1, 0.15) is 5.82 Å². The fraction of sp³-hybridized carbons (Fsp3) is 0.562. The Kier molecular flexibility index (Phi) is 4.83. The van der Waals surface area contributed by atoms with Crippen molar-refractivity contribution in [3.05, 3.63) is 35.1 Å². The van der Waals surface area contributed by atoms with E-state index in [1.165, 1.54) is 25.0 Å². The quantitative estimate of drug-likeness (QED) is 0.346. The Morgan fingerprint density at radius 1 is 1.48 bits per heavy atom. The predicted molar refractivity (Wildman–Crippen MR) is 81.8 cm³/mol. The topological polar surface area (TPSA) is 70.6 Å². The first-order valence-corrected chi connectivity index (χ1v) is 7.40. The number of oxime groups is 1. The van der Waals surface area contributed by atoms with Crippen LogP contribution >= 0.6 is 0 Å². The first-order chi connectivity index (χ1) is 9.89. The van der Waals surface area contributed by atoms with Gasteiger partial charge in [-0.05, 0) is 48.4 Å². The molecule has 0 amide bonds. The molecule has 0 aliphatic heterocycles. The van der Waals surface area contributed by atoms with E-state index in [4.69, 9.17) is 10.9 Å². The third-order valence-corrected chi connectivity index (χ3v) is 4.16. The molecule has 1 aliphatic carbocycles. The van der Waals surface area contributed by atoms with Crippen LogP contribution in [0.2, 0.25) is 0 Å². The number of rotatable bonds is 4. The summed E-state index contributed by atoms with van der Waals surface area (Å²) in [6, 6.07) is 4.96. The van der Waals surface area contributed by atoms with Crippen LogP contribution < -0.4 is 11.1 Å². The molecule has 0 radical (unpaired) electrons. The molecular weight excluding hydrogens is 269 g/mol. The van der Waals surface area contributed by atoms with Crippen molar-refractivity contribution in [1.29, 1.82) is 0 Å². The summed E-state index contributed by atoms with van der Waals surface area (Å²) < 4.78 is 13.6. The lowest BCUT2D eigenvalue weighted by atomic mass is 9.75. The number of hydrogen-bond donors (Lipinski definition) is 3. The molecule has 1 fully saturated rings. The number of hydrogen-bond acceptors (Lipinski definition) is 3. The first-order valence-electron chi connectivity index (χ1n) is 7.40. The van der Waals surface area contributed by atoms with Gasteiger partial charge in [0.15, 0.2) is 5.84 Å². The molecule has 1 aromatic rings. The fourth-order valence-electron chi connectivity index (χ4n) is 3.09. The molecule has 4 nitrogen and oxygen atoms in total. The molecule has 0 spiro atoms. The maximum Gasteiger partial charge on any atom is 0.170 e. The molecule has 116 valence electrons. The maximum absolute atomic E-state index is 13.6. The molecule has 2 rings (SSSR count). The Morgan fingerprint density at radius 3 is 2.90 bits per heavy atom. The van der Waals surface area contributed by atoms with Crippen LogP contribution in [0.1, 0.15) is 50.7 Å². The van der Waals surface area contributed by atoms with E-state index in [-0.39, 0.29) is 11.7 Å². The van der Waals surface area contributed by atoms with Crippen molar-refractivity contribution >= 4 is 5.84 Å². The minimum absolute atomic E-state index is 0.0745. The van der Waals surface area contributed by atoms with Crippen molar-refractivity contribution in [1.82, 2.24) is 5.32 Å². The first kappa shape index (κ1) is 15.8.